The third-order valence-corrected chi connectivity index (χ3v) is 2.31. The summed E-state index contributed by atoms with van der Waals surface area (Å²) < 4.78 is 1.08. The standard InChI is InChI=1S/C13H14BrN/c1-3-5-12(6-4-2)15-13-9-7-11(14)8-10-13/h3-10,15H,1H2,2H3/b6-4-,12-5+. The lowest BCUT2D eigenvalue weighted by molar-refractivity contribution is 1.46. The minimum absolute atomic E-state index is 1.02. The van der Waals surface area contributed by atoms with Gasteiger partial charge >= 0.3 is 0 Å². The van der Waals surface area contributed by atoms with Crippen LogP contribution in [0.15, 0.2) is 65.3 Å². The lowest BCUT2D eigenvalue weighted by atomic mass is 10.3. The molecule has 0 saturated carbocycles. The largest absolute Gasteiger partial charge is 0.356 e. The van der Waals surface area contributed by atoms with Gasteiger partial charge in [0.05, 0.1) is 0 Å². The Bertz CT molecular complexity index is 374. The van der Waals surface area contributed by atoms with Gasteiger partial charge in [0, 0.05) is 15.9 Å². The number of benzene rings is 1. The van der Waals surface area contributed by atoms with Gasteiger partial charge in [-0.2, -0.15) is 0 Å². The Morgan fingerprint density at radius 2 is 2.00 bits per heavy atom. The van der Waals surface area contributed by atoms with Crippen molar-refractivity contribution >= 4 is 21.6 Å². The average molecular weight is 264 g/mol. The minimum atomic E-state index is 1.02. The fourth-order valence-corrected chi connectivity index (χ4v) is 1.41. The van der Waals surface area contributed by atoms with E-state index < -0.39 is 0 Å². The highest BCUT2D eigenvalue weighted by atomic mass is 79.9. The van der Waals surface area contributed by atoms with E-state index in [1.807, 2.05) is 49.4 Å². The molecule has 0 bridgehead atoms. The Morgan fingerprint density at radius 3 is 2.53 bits per heavy atom. The fraction of sp³-hybridized carbons (Fsp3) is 0.0769. The van der Waals surface area contributed by atoms with Crippen molar-refractivity contribution in [1.29, 1.82) is 0 Å². The van der Waals surface area contributed by atoms with Crippen molar-refractivity contribution in [2.75, 3.05) is 5.32 Å². The molecule has 1 aromatic carbocycles. The van der Waals surface area contributed by atoms with Crippen LogP contribution in [-0.2, 0) is 0 Å². The molecule has 0 saturated heterocycles. The number of rotatable bonds is 4. The summed E-state index contributed by atoms with van der Waals surface area (Å²) in [5.41, 5.74) is 2.08. The van der Waals surface area contributed by atoms with E-state index in [0.717, 1.165) is 15.9 Å². The number of hydrogen-bond donors (Lipinski definition) is 1. The topological polar surface area (TPSA) is 12.0 Å². The number of hydrogen-bond acceptors (Lipinski definition) is 1. The zero-order chi connectivity index (χ0) is 11.1. The van der Waals surface area contributed by atoms with Gasteiger partial charge in [-0.05, 0) is 43.3 Å². The predicted octanol–water partition coefficient (Wildman–Crippen LogP) is 4.51. The lowest BCUT2D eigenvalue weighted by Crippen LogP contribution is -1.95. The Kier molecular flexibility index (Phi) is 4.91. The number of halogens is 1. The molecule has 0 spiro atoms. The average Bonchev–Trinajstić information content (AvgIpc) is 2.22. The summed E-state index contributed by atoms with van der Waals surface area (Å²) in [5, 5.41) is 3.29. The molecule has 0 heterocycles. The van der Waals surface area contributed by atoms with E-state index >= 15 is 0 Å². The first-order valence-electron chi connectivity index (χ1n) is 4.74. The highest BCUT2D eigenvalue weighted by Gasteiger charge is 1.93. The number of nitrogens with one attached hydrogen (secondary N) is 1. The molecule has 0 aliphatic heterocycles. The van der Waals surface area contributed by atoms with E-state index in [2.05, 4.69) is 27.8 Å². The van der Waals surface area contributed by atoms with Crippen LogP contribution < -0.4 is 5.32 Å². The Hall–Kier alpha value is -1.28. The molecule has 2 heteroatoms. The summed E-state index contributed by atoms with van der Waals surface area (Å²) in [5.74, 6) is 0. The highest BCUT2D eigenvalue weighted by Crippen LogP contribution is 2.16. The van der Waals surface area contributed by atoms with Crippen LogP contribution in [-0.4, -0.2) is 0 Å². The van der Waals surface area contributed by atoms with Crippen LogP contribution in [0.2, 0.25) is 0 Å². The summed E-state index contributed by atoms with van der Waals surface area (Å²) in [4.78, 5) is 0. The third kappa shape index (κ3) is 4.17. The molecule has 78 valence electrons. The molecule has 0 unspecified atom stereocenters. The maximum absolute atomic E-state index is 3.68. The van der Waals surface area contributed by atoms with Gasteiger partial charge in [0.1, 0.15) is 0 Å². The molecule has 0 atom stereocenters. The summed E-state index contributed by atoms with van der Waals surface area (Å²) in [6.07, 6.45) is 7.69. The first-order valence-corrected chi connectivity index (χ1v) is 5.53. The Morgan fingerprint density at radius 1 is 1.33 bits per heavy atom. The molecular weight excluding hydrogens is 250 g/mol. The fourth-order valence-electron chi connectivity index (χ4n) is 1.15. The van der Waals surface area contributed by atoms with Crippen LogP contribution in [0.5, 0.6) is 0 Å². The van der Waals surface area contributed by atoms with Crippen LogP contribution in [0.4, 0.5) is 5.69 Å². The van der Waals surface area contributed by atoms with E-state index in [9.17, 15) is 0 Å². The summed E-state index contributed by atoms with van der Waals surface area (Å²) >= 11 is 3.40. The molecule has 0 radical (unpaired) electrons. The molecule has 0 fully saturated rings. The van der Waals surface area contributed by atoms with E-state index in [1.165, 1.54) is 0 Å². The maximum Gasteiger partial charge on any atom is 0.0384 e. The lowest BCUT2D eigenvalue weighted by Gasteiger charge is -2.06. The third-order valence-electron chi connectivity index (χ3n) is 1.78. The van der Waals surface area contributed by atoms with Crippen LogP contribution in [0, 0.1) is 0 Å². The number of allylic oxidation sites excluding steroid dienone is 4. The number of anilines is 1. The molecule has 1 N–H and O–H groups in total. The van der Waals surface area contributed by atoms with Gasteiger partial charge in [0.25, 0.3) is 0 Å². The monoisotopic (exact) mass is 263 g/mol. The Labute approximate surface area is 99.3 Å². The molecule has 15 heavy (non-hydrogen) atoms. The van der Waals surface area contributed by atoms with Gasteiger partial charge in [0.2, 0.25) is 0 Å². The first kappa shape index (κ1) is 11.8. The zero-order valence-corrected chi connectivity index (χ0v) is 10.3. The normalized spacial score (nSPS) is 11.7. The SMILES string of the molecule is C=C/C=C(\C=C/C)Nc1ccc(Br)cc1. The molecular formula is C13H14BrN. The Balaban J connectivity index is 2.78. The first-order chi connectivity index (χ1) is 7.26. The second-order valence-electron chi connectivity index (χ2n) is 2.99. The van der Waals surface area contributed by atoms with E-state index in [1.54, 1.807) is 6.08 Å². The van der Waals surface area contributed by atoms with Crippen molar-refractivity contribution in [2.45, 2.75) is 6.92 Å². The molecule has 1 aromatic rings. The van der Waals surface area contributed by atoms with Crippen molar-refractivity contribution in [2.24, 2.45) is 0 Å². The van der Waals surface area contributed by atoms with E-state index in [0.29, 0.717) is 0 Å². The summed E-state index contributed by atoms with van der Waals surface area (Å²) in [7, 11) is 0. The summed E-state index contributed by atoms with van der Waals surface area (Å²) in [6.45, 7) is 5.67. The van der Waals surface area contributed by atoms with E-state index in [4.69, 9.17) is 0 Å². The van der Waals surface area contributed by atoms with Gasteiger partial charge < -0.3 is 5.32 Å². The van der Waals surface area contributed by atoms with Crippen LogP contribution in [0.3, 0.4) is 0 Å². The van der Waals surface area contributed by atoms with Crippen molar-refractivity contribution in [3.8, 4) is 0 Å². The van der Waals surface area contributed by atoms with Crippen LogP contribution in [0.25, 0.3) is 0 Å². The highest BCUT2D eigenvalue weighted by molar-refractivity contribution is 9.10. The van der Waals surface area contributed by atoms with Gasteiger partial charge in [-0.25, -0.2) is 0 Å². The van der Waals surface area contributed by atoms with Gasteiger partial charge in [0.15, 0.2) is 0 Å². The van der Waals surface area contributed by atoms with Crippen molar-refractivity contribution in [3.63, 3.8) is 0 Å². The maximum atomic E-state index is 3.68. The van der Waals surface area contributed by atoms with Gasteiger partial charge in [-0.1, -0.05) is 34.7 Å². The quantitative estimate of drug-likeness (QED) is 0.789. The predicted molar refractivity (Wildman–Crippen MR) is 70.9 cm³/mol. The zero-order valence-electron chi connectivity index (χ0n) is 8.70. The second kappa shape index (κ2) is 6.25. The summed E-state index contributed by atoms with van der Waals surface area (Å²) in [6, 6.07) is 8.04. The van der Waals surface area contributed by atoms with Crippen molar-refractivity contribution in [1.82, 2.24) is 0 Å². The molecule has 0 aliphatic rings. The minimum Gasteiger partial charge on any atom is -0.356 e. The van der Waals surface area contributed by atoms with Gasteiger partial charge in [-0.3, -0.25) is 0 Å². The van der Waals surface area contributed by atoms with Crippen molar-refractivity contribution < 1.29 is 0 Å². The second-order valence-corrected chi connectivity index (χ2v) is 3.91. The van der Waals surface area contributed by atoms with Crippen molar-refractivity contribution in [3.05, 3.63) is 65.3 Å². The van der Waals surface area contributed by atoms with Gasteiger partial charge in [-0.15, -0.1) is 0 Å². The molecule has 0 amide bonds. The van der Waals surface area contributed by atoms with Crippen LogP contribution >= 0.6 is 15.9 Å². The smallest absolute Gasteiger partial charge is 0.0384 e. The van der Waals surface area contributed by atoms with Crippen LogP contribution in [0.1, 0.15) is 6.92 Å². The van der Waals surface area contributed by atoms with E-state index in [-0.39, 0.29) is 0 Å². The molecule has 0 aliphatic carbocycles. The molecule has 0 aromatic heterocycles. The molecule has 1 rings (SSSR count). The molecule has 1 nitrogen and oxygen atoms in total.